The summed E-state index contributed by atoms with van der Waals surface area (Å²) >= 11 is 0. The molecule has 0 fully saturated rings. The number of sulfonamides is 1. The summed E-state index contributed by atoms with van der Waals surface area (Å²) < 4.78 is 42.5. The van der Waals surface area contributed by atoms with Gasteiger partial charge in [-0.15, -0.1) is 0 Å². The van der Waals surface area contributed by atoms with Gasteiger partial charge in [-0.3, -0.25) is 0 Å². The number of ether oxygens (including phenoxy) is 2. The molecule has 0 saturated carbocycles. The fraction of sp³-hybridized carbons (Fsp3) is 0.222. The van der Waals surface area contributed by atoms with Gasteiger partial charge in [-0.25, -0.2) is 8.42 Å². The quantitative estimate of drug-likeness (QED) is 0.613. The molecule has 0 saturated heterocycles. The minimum Gasteiger partial charge on any atom is -0.497 e. The number of methoxy groups -OCH3 is 2. The predicted molar refractivity (Wildman–Crippen MR) is 97.9 cm³/mol. The first kappa shape index (κ1) is 18.9. The summed E-state index contributed by atoms with van der Waals surface area (Å²) in [6, 6.07) is 13.9. The van der Waals surface area contributed by atoms with Gasteiger partial charge in [-0.2, -0.15) is 9.29 Å². The third-order valence-electron chi connectivity index (χ3n) is 3.92. The maximum Gasteiger partial charge on any atom is 0.247 e. The average Bonchev–Trinajstić information content (AvgIpc) is 3.16. The van der Waals surface area contributed by atoms with Crippen molar-refractivity contribution in [2.45, 2.75) is 11.4 Å². The summed E-state index contributed by atoms with van der Waals surface area (Å²) in [7, 11) is 0.435. The van der Waals surface area contributed by atoms with E-state index in [4.69, 9.17) is 14.0 Å². The van der Waals surface area contributed by atoms with Gasteiger partial charge < -0.3 is 14.0 Å². The molecule has 0 bridgehead atoms. The third kappa shape index (κ3) is 3.93. The lowest BCUT2D eigenvalue weighted by Gasteiger charge is -2.17. The van der Waals surface area contributed by atoms with E-state index in [-0.39, 0.29) is 23.1 Å². The van der Waals surface area contributed by atoms with Gasteiger partial charge in [0.1, 0.15) is 16.4 Å². The normalized spacial score (nSPS) is 11.6. The molecule has 0 radical (unpaired) electrons. The Bertz CT molecular complexity index is 1020. The number of aromatic nitrogens is 2. The zero-order valence-corrected chi connectivity index (χ0v) is 15.9. The Kier molecular flexibility index (Phi) is 5.43. The molecule has 0 amide bonds. The fourth-order valence-electron chi connectivity index (χ4n) is 2.45. The molecule has 1 heterocycles. The van der Waals surface area contributed by atoms with Crippen LogP contribution in [0.4, 0.5) is 0 Å². The second kappa shape index (κ2) is 7.77. The van der Waals surface area contributed by atoms with Gasteiger partial charge >= 0.3 is 0 Å². The van der Waals surface area contributed by atoms with E-state index in [1.165, 1.54) is 27.3 Å². The molecular formula is C18H19N3O5S. The number of benzene rings is 2. The Morgan fingerprint density at radius 3 is 2.48 bits per heavy atom. The van der Waals surface area contributed by atoms with E-state index < -0.39 is 10.0 Å². The molecule has 142 valence electrons. The number of hydrogen-bond acceptors (Lipinski definition) is 7. The van der Waals surface area contributed by atoms with E-state index >= 15 is 0 Å². The van der Waals surface area contributed by atoms with Crippen LogP contribution in [-0.4, -0.2) is 44.1 Å². The molecule has 3 rings (SSSR count). The molecular weight excluding hydrogens is 370 g/mol. The van der Waals surface area contributed by atoms with Gasteiger partial charge in [0.15, 0.2) is 0 Å². The SMILES string of the molecule is COc1ccc(OC)c(S(=O)(=O)N(C)Cc2nc(-c3ccccc3)no2)c1. The highest BCUT2D eigenvalue weighted by Crippen LogP contribution is 2.30. The van der Waals surface area contributed by atoms with Crippen molar-refractivity contribution < 1.29 is 22.4 Å². The maximum absolute atomic E-state index is 13.0. The van der Waals surface area contributed by atoms with Gasteiger partial charge in [-0.1, -0.05) is 35.5 Å². The second-order valence-electron chi connectivity index (χ2n) is 5.66. The Morgan fingerprint density at radius 2 is 1.81 bits per heavy atom. The summed E-state index contributed by atoms with van der Waals surface area (Å²) in [6.07, 6.45) is 0. The van der Waals surface area contributed by atoms with Gasteiger partial charge in [0, 0.05) is 18.7 Å². The zero-order chi connectivity index (χ0) is 19.4. The van der Waals surface area contributed by atoms with Gasteiger partial charge in [0.2, 0.25) is 21.7 Å². The summed E-state index contributed by atoms with van der Waals surface area (Å²) in [4.78, 5) is 4.26. The van der Waals surface area contributed by atoms with Crippen LogP contribution >= 0.6 is 0 Å². The van der Waals surface area contributed by atoms with Crippen molar-refractivity contribution in [1.29, 1.82) is 0 Å². The molecule has 0 aliphatic heterocycles. The van der Waals surface area contributed by atoms with E-state index in [9.17, 15) is 8.42 Å². The van der Waals surface area contributed by atoms with E-state index in [0.29, 0.717) is 11.6 Å². The van der Waals surface area contributed by atoms with Crippen LogP contribution in [0.1, 0.15) is 5.89 Å². The number of nitrogens with zero attached hydrogens (tertiary/aromatic N) is 3. The summed E-state index contributed by atoms with van der Waals surface area (Å²) in [5.41, 5.74) is 0.785. The highest BCUT2D eigenvalue weighted by Gasteiger charge is 2.27. The maximum atomic E-state index is 13.0. The molecule has 0 aliphatic rings. The molecule has 3 aromatic rings. The van der Waals surface area contributed by atoms with Gasteiger partial charge in [0.25, 0.3) is 0 Å². The lowest BCUT2D eigenvalue weighted by atomic mass is 10.2. The van der Waals surface area contributed by atoms with E-state index in [1.54, 1.807) is 12.1 Å². The van der Waals surface area contributed by atoms with Gasteiger partial charge in [0.05, 0.1) is 20.8 Å². The Hall–Kier alpha value is -2.91. The first-order chi connectivity index (χ1) is 13.0. The topological polar surface area (TPSA) is 94.8 Å². The van der Waals surface area contributed by atoms with Crippen molar-refractivity contribution in [3.8, 4) is 22.9 Å². The Balaban J connectivity index is 1.86. The molecule has 27 heavy (non-hydrogen) atoms. The number of rotatable bonds is 7. The van der Waals surface area contributed by atoms with Crippen LogP contribution in [-0.2, 0) is 16.6 Å². The Morgan fingerprint density at radius 1 is 1.07 bits per heavy atom. The van der Waals surface area contributed by atoms with Crippen LogP contribution in [0, 0.1) is 0 Å². The minimum absolute atomic E-state index is 0.00496. The third-order valence-corrected chi connectivity index (χ3v) is 5.74. The molecule has 0 aliphatic carbocycles. The van der Waals surface area contributed by atoms with Crippen molar-refractivity contribution in [1.82, 2.24) is 14.4 Å². The highest BCUT2D eigenvalue weighted by molar-refractivity contribution is 7.89. The van der Waals surface area contributed by atoms with Crippen molar-refractivity contribution >= 4 is 10.0 Å². The fourth-order valence-corrected chi connectivity index (χ4v) is 3.74. The number of hydrogen-bond donors (Lipinski definition) is 0. The smallest absolute Gasteiger partial charge is 0.247 e. The Labute approximate surface area is 157 Å². The standard InChI is InChI=1S/C18H19N3O5S/c1-21(12-17-19-18(20-26-17)13-7-5-4-6-8-13)27(22,23)16-11-14(24-2)9-10-15(16)25-3/h4-11H,12H2,1-3H3. The van der Waals surface area contributed by atoms with Crippen molar-refractivity contribution in [3.63, 3.8) is 0 Å². The van der Waals surface area contributed by atoms with E-state index in [0.717, 1.165) is 9.87 Å². The molecule has 9 heteroatoms. The molecule has 2 aromatic carbocycles. The second-order valence-corrected chi connectivity index (χ2v) is 7.67. The lowest BCUT2D eigenvalue weighted by Crippen LogP contribution is -2.27. The van der Waals surface area contributed by atoms with Gasteiger partial charge in [-0.05, 0) is 12.1 Å². The summed E-state index contributed by atoms with van der Waals surface area (Å²) in [5.74, 6) is 1.21. The first-order valence-electron chi connectivity index (χ1n) is 8.02. The van der Waals surface area contributed by atoms with Crippen LogP contribution in [0.3, 0.4) is 0 Å². The molecule has 8 nitrogen and oxygen atoms in total. The monoisotopic (exact) mass is 389 g/mol. The van der Waals surface area contributed by atoms with Crippen LogP contribution < -0.4 is 9.47 Å². The molecule has 0 atom stereocenters. The first-order valence-corrected chi connectivity index (χ1v) is 9.46. The van der Waals surface area contributed by atoms with E-state index in [2.05, 4.69) is 10.1 Å². The van der Waals surface area contributed by atoms with Crippen LogP contribution in [0.2, 0.25) is 0 Å². The van der Waals surface area contributed by atoms with Crippen LogP contribution in [0.15, 0.2) is 57.9 Å². The molecule has 0 spiro atoms. The van der Waals surface area contributed by atoms with Crippen LogP contribution in [0.5, 0.6) is 11.5 Å². The average molecular weight is 389 g/mol. The van der Waals surface area contributed by atoms with Crippen molar-refractivity contribution in [3.05, 3.63) is 54.4 Å². The molecule has 1 aromatic heterocycles. The molecule has 0 unspecified atom stereocenters. The summed E-state index contributed by atoms with van der Waals surface area (Å²) in [5, 5.41) is 3.90. The lowest BCUT2D eigenvalue weighted by molar-refractivity contribution is 0.335. The van der Waals surface area contributed by atoms with Crippen LogP contribution in [0.25, 0.3) is 11.4 Å². The zero-order valence-electron chi connectivity index (χ0n) is 15.1. The van der Waals surface area contributed by atoms with Crippen molar-refractivity contribution in [2.75, 3.05) is 21.3 Å². The van der Waals surface area contributed by atoms with Crippen molar-refractivity contribution in [2.24, 2.45) is 0 Å². The largest absolute Gasteiger partial charge is 0.497 e. The molecule has 0 N–H and O–H groups in total. The minimum atomic E-state index is -3.87. The predicted octanol–water partition coefficient (Wildman–Crippen LogP) is 2.57. The highest BCUT2D eigenvalue weighted by atomic mass is 32.2. The summed E-state index contributed by atoms with van der Waals surface area (Å²) in [6.45, 7) is -0.0808. The van der Waals surface area contributed by atoms with E-state index in [1.807, 2.05) is 30.3 Å².